The van der Waals surface area contributed by atoms with Gasteiger partial charge in [0.15, 0.2) is 0 Å². The molecular weight excluding hydrogens is 117 g/mol. The third kappa shape index (κ3) is 1.42. The number of nitrogens with zero attached hydrogens (tertiary/aromatic N) is 1. The smallest absolute Gasteiger partial charge is 0.114 e. The summed E-state index contributed by atoms with van der Waals surface area (Å²) in [5.74, 6) is 0. The maximum absolute atomic E-state index is 12.6. The molecule has 1 saturated heterocycles. The van der Waals surface area contributed by atoms with Crippen LogP contribution in [0.15, 0.2) is 0 Å². The quantitative estimate of drug-likeness (QED) is 0.520. The SMILES string of the molecule is CCN1C[C@@H](F)C[C@H]1C. The van der Waals surface area contributed by atoms with E-state index in [1.165, 1.54) is 0 Å². The Labute approximate surface area is 55.8 Å². The maximum Gasteiger partial charge on any atom is 0.114 e. The summed E-state index contributed by atoms with van der Waals surface area (Å²) in [6.45, 7) is 5.80. The van der Waals surface area contributed by atoms with Gasteiger partial charge in [0, 0.05) is 12.6 Å². The minimum Gasteiger partial charge on any atom is -0.298 e. The van der Waals surface area contributed by atoms with Crippen molar-refractivity contribution in [2.75, 3.05) is 13.1 Å². The molecule has 54 valence electrons. The van der Waals surface area contributed by atoms with Gasteiger partial charge in [-0.3, -0.25) is 4.90 Å². The molecule has 0 spiro atoms. The number of hydrogen-bond donors (Lipinski definition) is 0. The molecule has 1 nitrogen and oxygen atoms in total. The van der Waals surface area contributed by atoms with Crippen molar-refractivity contribution < 1.29 is 4.39 Å². The Bertz CT molecular complexity index is 94.9. The zero-order valence-electron chi connectivity index (χ0n) is 6.10. The Morgan fingerprint density at radius 2 is 2.33 bits per heavy atom. The molecule has 0 aromatic rings. The molecule has 0 aromatic carbocycles. The van der Waals surface area contributed by atoms with Crippen LogP contribution < -0.4 is 0 Å². The number of halogens is 1. The second kappa shape index (κ2) is 2.65. The highest BCUT2D eigenvalue weighted by Crippen LogP contribution is 2.18. The largest absolute Gasteiger partial charge is 0.298 e. The monoisotopic (exact) mass is 131 g/mol. The van der Waals surface area contributed by atoms with Gasteiger partial charge in [-0.2, -0.15) is 0 Å². The molecule has 1 heterocycles. The van der Waals surface area contributed by atoms with Crippen LogP contribution >= 0.6 is 0 Å². The third-order valence-electron chi connectivity index (χ3n) is 2.06. The van der Waals surface area contributed by atoms with Crippen LogP contribution in [0, 0.1) is 0 Å². The first-order valence-electron chi connectivity index (χ1n) is 3.62. The first-order chi connectivity index (χ1) is 4.24. The van der Waals surface area contributed by atoms with Crippen molar-refractivity contribution in [3.63, 3.8) is 0 Å². The minimum atomic E-state index is -0.569. The fraction of sp³-hybridized carbons (Fsp3) is 1.00. The van der Waals surface area contributed by atoms with Crippen LogP contribution in [-0.4, -0.2) is 30.2 Å². The molecule has 0 amide bonds. The summed E-state index contributed by atoms with van der Waals surface area (Å²) in [5.41, 5.74) is 0. The molecule has 0 unspecified atom stereocenters. The first kappa shape index (κ1) is 7.00. The lowest BCUT2D eigenvalue weighted by Crippen LogP contribution is -2.26. The standard InChI is InChI=1S/C7H14FN/c1-3-9-5-7(8)4-6(9)2/h6-7H,3-5H2,1-2H3/t6-,7+/m1/s1. The molecule has 0 N–H and O–H groups in total. The lowest BCUT2D eigenvalue weighted by molar-refractivity contribution is 0.266. The van der Waals surface area contributed by atoms with Crippen molar-refractivity contribution >= 4 is 0 Å². The molecule has 2 atom stereocenters. The van der Waals surface area contributed by atoms with Crippen LogP contribution in [0.4, 0.5) is 4.39 Å². The van der Waals surface area contributed by atoms with Crippen molar-refractivity contribution in [2.24, 2.45) is 0 Å². The van der Waals surface area contributed by atoms with E-state index in [0.717, 1.165) is 13.0 Å². The summed E-state index contributed by atoms with van der Waals surface area (Å²) in [5, 5.41) is 0. The molecule has 1 aliphatic heterocycles. The van der Waals surface area contributed by atoms with Crippen LogP contribution in [0.1, 0.15) is 20.3 Å². The Balaban J connectivity index is 2.38. The van der Waals surface area contributed by atoms with E-state index >= 15 is 0 Å². The van der Waals surface area contributed by atoms with Crippen molar-refractivity contribution in [3.8, 4) is 0 Å². The van der Waals surface area contributed by atoms with Crippen molar-refractivity contribution in [1.82, 2.24) is 4.90 Å². The van der Waals surface area contributed by atoms with Crippen LogP contribution in [0.2, 0.25) is 0 Å². The molecule has 0 radical (unpaired) electrons. The average Bonchev–Trinajstić information content (AvgIpc) is 2.10. The molecule has 9 heavy (non-hydrogen) atoms. The van der Waals surface area contributed by atoms with E-state index in [4.69, 9.17) is 0 Å². The van der Waals surface area contributed by atoms with Crippen molar-refractivity contribution in [3.05, 3.63) is 0 Å². The zero-order chi connectivity index (χ0) is 6.85. The van der Waals surface area contributed by atoms with Gasteiger partial charge in [-0.1, -0.05) is 6.92 Å². The topological polar surface area (TPSA) is 3.24 Å². The molecule has 1 rings (SSSR count). The Morgan fingerprint density at radius 1 is 1.67 bits per heavy atom. The fourth-order valence-electron chi connectivity index (χ4n) is 1.47. The van der Waals surface area contributed by atoms with Crippen LogP contribution in [-0.2, 0) is 0 Å². The predicted molar refractivity (Wildman–Crippen MR) is 36.2 cm³/mol. The third-order valence-corrected chi connectivity index (χ3v) is 2.06. The van der Waals surface area contributed by atoms with Gasteiger partial charge in [0.1, 0.15) is 6.17 Å². The summed E-state index contributed by atoms with van der Waals surface area (Å²) in [6.07, 6.45) is 0.161. The van der Waals surface area contributed by atoms with Gasteiger partial charge < -0.3 is 0 Å². The van der Waals surface area contributed by atoms with E-state index in [9.17, 15) is 4.39 Å². The number of likely N-dealkylation sites (tertiary alicyclic amines) is 1. The average molecular weight is 131 g/mol. The van der Waals surface area contributed by atoms with Gasteiger partial charge in [-0.05, 0) is 19.9 Å². The highest BCUT2D eigenvalue weighted by molar-refractivity contribution is 4.80. The van der Waals surface area contributed by atoms with Gasteiger partial charge >= 0.3 is 0 Å². The van der Waals surface area contributed by atoms with E-state index in [2.05, 4.69) is 18.7 Å². The number of alkyl halides is 1. The van der Waals surface area contributed by atoms with Crippen LogP contribution in [0.5, 0.6) is 0 Å². The van der Waals surface area contributed by atoms with E-state index in [1.54, 1.807) is 0 Å². The summed E-state index contributed by atoms with van der Waals surface area (Å²) < 4.78 is 12.6. The highest BCUT2D eigenvalue weighted by atomic mass is 19.1. The van der Waals surface area contributed by atoms with Crippen LogP contribution in [0.3, 0.4) is 0 Å². The normalized spacial score (nSPS) is 37.7. The van der Waals surface area contributed by atoms with Crippen molar-refractivity contribution in [1.29, 1.82) is 0 Å². The van der Waals surface area contributed by atoms with E-state index in [0.29, 0.717) is 12.6 Å². The second-order valence-electron chi connectivity index (χ2n) is 2.77. The van der Waals surface area contributed by atoms with Gasteiger partial charge in [-0.15, -0.1) is 0 Å². The fourth-order valence-corrected chi connectivity index (χ4v) is 1.47. The molecule has 0 saturated carbocycles. The summed E-state index contributed by atoms with van der Waals surface area (Å²) in [7, 11) is 0. The Kier molecular flexibility index (Phi) is 2.06. The van der Waals surface area contributed by atoms with E-state index in [1.807, 2.05) is 0 Å². The molecule has 0 aliphatic carbocycles. The summed E-state index contributed by atoms with van der Waals surface area (Å²) in [4.78, 5) is 2.17. The van der Waals surface area contributed by atoms with Crippen molar-refractivity contribution in [2.45, 2.75) is 32.5 Å². The van der Waals surface area contributed by atoms with E-state index in [-0.39, 0.29) is 0 Å². The molecular formula is C7H14FN. The Hall–Kier alpha value is -0.110. The van der Waals surface area contributed by atoms with Gasteiger partial charge in [0.25, 0.3) is 0 Å². The van der Waals surface area contributed by atoms with Crippen LogP contribution in [0.25, 0.3) is 0 Å². The van der Waals surface area contributed by atoms with Gasteiger partial charge in [0.05, 0.1) is 0 Å². The summed E-state index contributed by atoms with van der Waals surface area (Å²) in [6, 6.07) is 0.463. The number of rotatable bonds is 1. The highest BCUT2D eigenvalue weighted by Gasteiger charge is 2.26. The summed E-state index contributed by atoms with van der Waals surface area (Å²) >= 11 is 0. The second-order valence-corrected chi connectivity index (χ2v) is 2.77. The zero-order valence-corrected chi connectivity index (χ0v) is 6.10. The number of hydrogen-bond acceptors (Lipinski definition) is 1. The van der Waals surface area contributed by atoms with Gasteiger partial charge in [-0.25, -0.2) is 4.39 Å². The predicted octanol–water partition coefficient (Wildman–Crippen LogP) is 1.44. The lowest BCUT2D eigenvalue weighted by Gasteiger charge is -2.16. The minimum absolute atomic E-state index is 0.463. The first-order valence-corrected chi connectivity index (χ1v) is 3.62. The molecule has 0 bridgehead atoms. The molecule has 1 fully saturated rings. The maximum atomic E-state index is 12.6. The molecule has 0 aromatic heterocycles. The van der Waals surface area contributed by atoms with E-state index < -0.39 is 6.17 Å². The molecule has 1 aliphatic rings. The Morgan fingerprint density at radius 3 is 2.56 bits per heavy atom. The lowest BCUT2D eigenvalue weighted by atomic mass is 10.2. The van der Waals surface area contributed by atoms with Gasteiger partial charge in [0.2, 0.25) is 0 Å². The molecule has 2 heteroatoms.